The molecule has 0 saturated carbocycles. The lowest BCUT2D eigenvalue weighted by Crippen LogP contribution is -2.47. The zero-order valence-corrected chi connectivity index (χ0v) is 14.9. The molecule has 3 nitrogen and oxygen atoms in total. The predicted molar refractivity (Wildman–Crippen MR) is 93.1 cm³/mol. The summed E-state index contributed by atoms with van der Waals surface area (Å²) in [6, 6.07) is 6.01. The van der Waals surface area contributed by atoms with Crippen molar-refractivity contribution in [3.8, 4) is 0 Å². The Balaban J connectivity index is 1.74. The van der Waals surface area contributed by atoms with Crippen molar-refractivity contribution in [2.75, 3.05) is 26.2 Å². The number of hydrogen-bond acceptors (Lipinski definition) is 3. The van der Waals surface area contributed by atoms with Crippen LogP contribution in [0, 0.1) is 11.8 Å². The smallest absolute Gasteiger partial charge is 0.303 e. The summed E-state index contributed by atoms with van der Waals surface area (Å²) in [5, 5.41) is 0. The second-order valence-electron chi connectivity index (χ2n) is 7.84. The summed E-state index contributed by atoms with van der Waals surface area (Å²) in [5.74, 6) is 1.17. The number of halogens is 3. The van der Waals surface area contributed by atoms with E-state index in [4.69, 9.17) is 0 Å². The molecule has 2 N–H and O–H groups in total. The zero-order valence-electron chi connectivity index (χ0n) is 14.9. The first-order chi connectivity index (χ1) is 11.8. The summed E-state index contributed by atoms with van der Waals surface area (Å²) in [5.41, 5.74) is 6.75. The van der Waals surface area contributed by atoms with Gasteiger partial charge in [0.1, 0.15) is 0 Å². The number of benzene rings is 1. The van der Waals surface area contributed by atoms with Gasteiger partial charge in [0.2, 0.25) is 0 Å². The number of hydrogen-bond donors (Lipinski definition) is 2. The topological polar surface area (TPSA) is 27.3 Å². The van der Waals surface area contributed by atoms with Gasteiger partial charge in [-0.05, 0) is 42.9 Å². The van der Waals surface area contributed by atoms with E-state index in [1.54, 1.807) is 0 Å². The number of nitrogens with zero attached hydrogens (tertiary/aromatic N) is 1. The van der Waals surface area contributed by atoms with Gasteiger partial charge in [-0.1, -0.05) is 32.0 Å². The lowest BCUT2D eigenvalue weighted by atomic mass is 9.80. The van der Waals surface area contributed by atoms with Gasteiger partial charge in [-0.2, -0.15) is 13.2 Å². The monoisotopic (exact) mass is 355 g/mol. The summed E-state index contributed by atoms with van der Waals surface area (Å²) in [4.78, 5) is 2.50. The van der Waals surface area contributed by atoms with Gasteiger partial charge in [0.15, 0.2) is 0 Å². The highest BCUT2D eigenvalue weighted by molar-refractivity contribution is 5.30. The first-order valence-corrected chi connectivity index (χ1v) is 9.22. The van der Waals surface area contributed by atoms with E-state index < -0.39 is 11.7 Å². The average Bonchev–Trinajstić information content (AvgIpc) is 3.03. The average molecular weight is 355 g/mol. The summed E-state index contributed by atoms with van der Waals surface area (Å²) < 4.78 is 39.1. The Morgan fingerprint density at radius 1 is 1.28 bits per heavy atom. The van der Waals surface area contributed by atoms with Crippen LogP contribution < -0.4 is 10.9 Å². The van der Waals surface area contributed by atoms with Gasteiger partial charge in [0.05, 0.1) is 5.56 Å². The standard InChI is InChI=1S/C19H28F3N3/c1-13(2)11-25-8-4-6-15(12-25)18-17(10-23-24-18)14-5-3-7-16(9-14)19(20,21)22/h3,5,7,9,13,15,17-18,23-24H,4,6,8,10-12H2,1-2H3. The lowest BCUT2D eigenvalue weighted by Gasteiger charge is -2.38. The van der Waals surface area contributed by atoms with Crippen LogP contribution in [0.2, 0.25) is 0 Å². The van der Waals surface area contributed by atoms with Crippen molar-refractivity contribution in [2.45, 2.75) is 44.8 Å². The molecule has 2 aliphatic heterocycles. The van der Waals surface area contributed by atoms with Gasteiger partial charge in [-0.3, -0.25) is 10.9 Å². The normalized spacial score (nSPS) is 28.6. The first-order valence-electron chi connectivity index (χ1n) is 9.22. The summed E-state index contributed by atoms with van der Waals surface area (Å²) >= 11 is 0. The van der Waals surface area contributed by atoms with Gasteiger partial charge in [0, 0.05) is 31.6 Å². The molecule has 3 atom stereocenters. The Hall–Kier alpha value is -1.11. The van der Waals surface area contributed by atoms with E-state index in [9.17, 15) is 13.2 Å². The second kappa shape index (κ2) is 7.64. The van der Waals surface area contributed by atoms with Crippen LogP contribution in [0.15, 0.2) is 24.3 Å². The molecule has 0 aromatic heterocycles. The van der Waals surface area contributed by atoms with E-state index in [1.165, 1.54) is 12.1 Å². The van der Waals surface area contributed by atoms with Crippen molar-refractivity contribution < 1.29 is 13.2 Å². The highest BCUT2D eigenvalue weighted by atomic mass is 19.4. The fourth-order valence-corrected chi connectivity index (χ4v) is 4.30. The van der Waals surface area contributed by atoms with Crippen LogP contribution >= 0.6 is 0 Å². The molecular weight excluding hydrogens is 327 g/mol. The number of hydrazine groups is 1. The van der Waals surface area contributed by atoms with Crippen molar-refractivity contribution in [1.82, 2.24) is 15.8 Å². The molecule has 1 aromatic carbocycles. The summed E-state index contributed by atoms with van der Waals surface area (Å²) in [7, 11) is 0. The fraction of sp³-hybridized carbons (Fsp3) is 0.684. The Morgan fingerprint density at radius 2 is 2.08 bits per heavy atom. The summed E-state index contributed by atoms with van der Waals surface area (Å²) in [6.45, 7) is 8.36. The molecule has 3 rings (SSSR count). The largest absolute Gasteiger partial charge is 0.416 e. The van der Waals surface area contributed by atoms with Crippen LogP contribution in [0.25, 0.3) is 0 Å². The highest BCUT2D eigenvalue weighted by Crippen LogP contribution is 2.35. The summed E-state index contributed by atoms with van der Waals surface area (Å²) in [6.07, 6.45) is -2.00. The molecule has 2 fully saturated rings. The minimum Gasteiger partial charge on any atom is -0.303 e. The van der Waals surface area contributed by atoms with E-state index >= 15 is 0 Å². The Labute approximate surface area is 147 Å². The maximum absolute atomic E-state index is 13.0. The third kappa shape index (κ3) is 4.54. The third-order valence-electron chi connectivity index (χ3n) is 5.34. The van der Waals surface area contributed by atoms with Gasteiger partial charge >= 0.3 is 6.18 Å². The molecule has 0 amide bonds. The molecule has 2 heterocycles. The van der Waals surface area contributed by atoms with Crippen LogP contribution in [0.4, 0.5) is 13.2 Å². The molecule has 2 saturated heterocycles. The van der Waals surface area contributed by atoms with Gasteiger partial charge < -0.3 is 4.90 Å². The molecule has 6 heteroatoms. The molecule has 3 unspecified atom stereocenters. The number of piperidine rings is 1. The minimum absolute atomic E-state index is 0.0753. The molecule has 1 aromatic rings. The van der Waals surface area contributed by atoms with Crippen LogP contribution in [-0.2, 0) is 6.18 Å². The van der Waals surface area contributed by atoms with Crippen molar-refractivity contribution in [2.24, 2.45) is 11.8 Å². The maximum Gasteiger partial charge on any atom is 0.416 e. The van der Waals surface area contributed by atoms with E-state index in [1.807, 2.05) is 6.07 Å². The first kappa shape index (κ1) is 18.7. The van der Waals surface area contributed by atoms with E-state index in [-0.39, 0.29) is 12.0 Å². The van der Waals surface area contributed by atoms with E-state index in [0.29, 0.717) is 18.4 Å². The van der Waals surface area contributed by atoms with Crippen molar-refractivity contribution >= 4 is 0 Å². The van der Waals surface area contributed by atoms with Crippen molar-refractivity contribution in [3.63, 3.8) is 0 Å². The number of rotatable bonds is 4. The molecule has 0 aliphatic carbocycles. The maximum atomic E-state index is 13.0. The quantitative estimate of drug-likeness (QED) is 0.864. The minimum atomic E-state index is -4.29. The number of nitrogens with one attached hydrogen (secondary N) is 2. The molecule has 140 valence electrons. The van der Waals surface area contributed by atoms with Crippen LogP contribution in [0.3, 0.4) is 0 Å². The highest BCUT2D eigenvalue weighted by Gasteiger charge is 2.38. The Bertz CT molecular complexity index is 573. The van der Waals surface area contributed by atoms with Crippen LogP contribution in [0.5, 0.6) is 0 Å². The number of alkyl halides is 3. The van der Waals surface area contributed by atoms with Gasteiger partial charge in [0.25, 0.3) is 0 Å². The van der Waals surface area contributed by atoms with E-state index in [0.717, 1.165) is 44.1 Å². The molecule has 0 bridgehead atoms. The fourth-order valence-electron chi connectivity index (χ4n) is 4.30. The van der Waals surface area contributed by atoms with Crippen molar-refractivity contribution in [3.05, 3.63) is 35.4 Å². The predicted octanol–water partition coefficient (Wildman–Crippen LogP) is 3.63. The van der Waals surface area contributed by atoms with Gasteiger partial charge in [-0.15, -0.1) is 0 Å². The van der Waals surface area contributed by atoms with Crippen molar-refractivity contribution in [1.29, 1.82) is 0 Å². The van der Waals surface area contributed by atoms with Crippen LogP contribution in [0.1, 0.15) is 43.7 Å². The lowest BCUT2D eigenvalue weighted by molar-refractivity contribution is -0.137. The molecular formula is C19H28F3N3. The SMILES string of the molecule is CC(C)CN1CCCC(C2NNCC2c2cccc(C(F)(F)F)c2)C1. The Morgan fingerprint density at radius 3 is 2.80 bits per heavy atom. The zero-order chi connectivity index (χ0) is 18.0. The number of likely N-dealkylation sites (tertiary alicyclic amines) is 1. The van der Waals surface area contributed by atoms with Crippen LogP contribution in [-0.4, -0.2) is 37.1 Å². The third-order valence-corrected chi connectivity index (χ3v) is 5.34. The van der Waals surface area contributed by atoms with E-state index in [2.05, 4.69) is 29.6 Å². The molecule has 0 spiro atoms. The Kier molecular flexibility index (Phi) is 5.71. The van der Waals surface area contributed by atoms with Gasteiger partial charge in [-0.25, -0.2) is 0 Å². The molecule has 2 aliphatic rings. The molecule has 0 radical (unpaired) electrons. The molecule has 25 heavy (non-hydrogen) atoms. The second-order valence-corrected chi connectivity index (χ2v) is 7.84.